The van der Waals surface area contributed by atoms with E-state index in [2.05, 4.69) is 21.2 Å². The van der Waals surface area contributed by atoms with Gasteiger partial charge in [0.2, 0.25) is 0 Å². The fourth-order valence-electron chi connectivity index (χ4n) is 2.59. The Morgan fingerprint density at radius 2 is 1.65 bits per heavy atom. The van der Waals surface area contributed by atoms with E-state index in [1.54, 1.807) is 60.7 Å². The predicted octanol–water partition coefficient (Wildman–Crippen LogP) is 4.75. The number of hydrazone groups is 1. The van der Waals surface area contributed by atoms with Crippen molar-refractivity contribution < 1.29 is 19.1 Å². The van der Waals surface area contributed by atoms with Crippen LogP contribution >= 0.6 is 34.8 Å². The van der Waals surface area contributed by atoms with Gasteiger partial charge in [0.15, 0.2) is 6.61 Å². The maximum atomic E-state index is 12.1. The van der Waals surface area contributed by atoms with Crippen LogP contribution in [0.25, 0.3) is 0 Å². The lowest BCUT2D eigenvalue weighted by Crippen LogP contribution is -2.32. The Kier molecular flexibility index (Phi) is 8.86. The van der Waals surface area contributed by atoms with Crippen LogP contribution in [0, 0.1) is 0 Å². The molecule has 0 unspecified atom stereocenters. The molecular formula is C23H17Cl3N4O4. The number of halogens is 3. The molecule has 0 spiro atoms. The van der Waals surface area contributed by atoms with Crippen molar-refractivity contribution in [2.24, 2.45) is 5.10 Å². The van der Waals surface area contributed by atoms with Crippen LogP contribution in [-0.4, -0.2) is 30.5 Å². The SMILES string of the molecule is O=C(COc1cccc(/C=N\NC(=O)C(=O)Nc2cccc(Cl)c2Cl)c1)Nc1cccc(Cl)c1. The zero-order chi connectivity index (χ0) is 24.5. The molecule has 0 saturated carbocycles. The van der Waals surface area contributed by atoms with Crippen molar-refractivity contribution in [1.29, 1.82) is 0 Å². The number of nitrogens with one attached hydrogen (secondary N) is 3. The second-order valence-corrected chi connectivity index (χ2v) is 7.90. The van der Waals surface area contributed by atoms with Gasteiger partial charge in [-0.1, -0.05) is 59.1 Å². The van der Waals surface area contributed by atoms with Gasteiger partial charge in [0.25, 0.3) is 5.91 Å². The molecule has 3 rings (SSSR count). The molecule has 0 radical (unpaired) electrons. The molecule has 11 heteroatoms. The number of carbonyl (C=O) groups excluding carboxylic acids is 3. The van der Waals surface area contributed by atoms with E-state index in [9.17, 15) is 14.4 Å². The van der Waals surface area contributed by atoms with Crippen LogP contribution in [-0.2, 0) is 14.4 Å². The van der Waals surface area contributed by atoms with E-state index in [0.29, 0.717) is 22.0 Å². The smallest absolute Gasteiger partial charge is 0.329 e. The molecule has 0 bridgehead atoms. The summed E-state index contributed by atoms with van der Waals surface area (Å²) in [6.07, 6.45) is 1.32. The van der Waals surface area contributed by atoms with Gasteiger partial charge < -0.3 is 15.4 Å². The molecule has 0 saturated heterocycles. The van der Waals surface area contributed by atoms with Crippen LogP contribution in [0.2, 0.25) is 15.1 Å². The molecule has 0 aromatic heterocycles. The zero-order valence-corrected chi connectivity index (χ0v) is 19.6. The van der Waals surface area contributed by atoms with Crippen LogP contribution < -0.4 is 20.8 Å². The minimum Gasteiger partial charge on any atom is -0.484 e. The summed E-state index contributed by atoms with van der Waals surface area (Å²) in [4.78, 5) is 36.0. The second kappa shape index (κ2) is 12.0. The number of benzene rings is 3. The Hall–Kier alpha value is -3.59. The summed E-state index contributed by atoms with van der Waals surface area (Å²) in [6, 6.07) is 18.0. The number of rotatable bonds is 7. The Bertz CT molecular complexity index is 1250. The first kappa shape index (κ1) is 25.0. The number of amides is 3. The van der Waals surface area contributed by atoms with E-state index < -0.39 is 11.8 Å². The van der Waals surface area contributed by atoms with Gasteiger partial charge in [-0.25, -0.2) is 5.43 Å². The van der Waals surface area contributed by atoms with Crippen molar-refractivity contribution in [3.63, 3.8) is 0 Å². The number of ether oxygens (including phenoxy) is 1. The lowest BCUT2D eigenvalue weighted by atomic mass is 10.2. The average molecular weight is 520 g/mol. The molecule has 174 valence electrons. The van der Waals surface area contributed by atoms with Crippen LogP contribution in [0.15, 0.2) is 71.8 Å². The summed E-state index contributed by atoms with van der Waals surface area (Å²) >= 11 is 17.8. The summed E-state index contributed by atoms with van der Waals surface area (Å²) in [6.45, 7) is -0.226. The normalized spacial score (nSPS) is 10.6. The quantitative estimate of drug-likeness (QED) is 0.238. The lowest BCUT2D eigenvalue weighted by Gasteiger charge is -2.08. The highest BCUT2D eigenvalue weighted by Gasteiger charge is 2.15. The first-order valence-electron chi connectivity index (χ1n) is 9.68. The van der Waals surface area contributed by atoms with Crippen molar-refractivity contribution in [1.82, 2.24) is 5.43 Å². The lowest BCUT2D eigenvalue weighted by molar-refractivity contribution is -0.136. The number of anilines is 2. The third-order valence-corrected chi connectivity index (χ3v) is 5.18. The highest BCUT2D eigenvalue weighted by atomic mass is 35.5. The minimum atomic E-state index is -1.00. The monoisotopic (exact) mass is 518 g/mol. The summed E-state index contributed by atoms with van der Waals surface area (Å²) < 4.78 is 5.48. The molecule has 3 aromatic rings. The molecule has 8 nitrogen and oxygen atoms in total. The highest BCUT2D eigenvalue weighted by molar-refractivity contribution is 6.45. The maximum absolute atomic E-state index is 12.1. The summed E-state index contributed by atoms with van der Waals surface area (Å²) in [5.41, 5.74) is 3.43. The van der Waals surface area contributed by atoms with Gasteiger partial charge >= 0.3 is 11.8 Å². The van der Waals surface area contributed by atoms with E-state index >= 15 is 0 Å². The van der Waals surface area contributed by atoms with Crippen LogP contribution in [0.3, 0.4) is 0 Å². The summed E-state index contributed by atoms with van der Waals surface area (Å²) in [5, 5.41) is 9.63. The number of nitrogens with zero attached hydrogens (tertiary/aromatic N) is 1. The molecule has 0 aliphatic heterocycles. The van der Waals surface area contributed by atoms with E-state index in [4.69, 9.17) is 39.5 Å². The van der Waals surface area contributed by atoms with Crippen molar-refractivity contribution in [2.45, 2.75) is 0 Å². The molecule has 0 heterocycles. The molecule has 3 aromatic carbocycles. The van der Waals surface area contributed by atoms with Gasteiger partial charge in [0.05, 0.1) is 21.9 Å². The largest absolute Gasteiger partial charge is 0.484 e. The van der Waals surface area contributed by atoms with Gasteiger partial charge in [-0.2, -0.15) is 5.10 Å². The topological polar surface area (TPSA) is 109 Å². The van der Waals surface area contributed by atoms with Gasteiger partial charge in [0.1, 0.15) is 5.75 Å². The highest BCUT2D eigenvalue weighted by Crippen LogP contribution is 2.29. The Morgan fingerprint density at radius 3 is 2.44 bits per heavy atom. The molecule has 0 aliphatic rings. The van der Waals surface area contributed by atoms with Crippen molar-refractivity contribution in [3.05, 3.63) is 87.4 Å². The predicted molar refractivity (Wildman–Crippen MR) is 133 cm³/mol. The fraction of sp³-hybridized carbons (Fsp3) is 0.0435. The minimum absolute atomic E-state index is 0.117. The van der Waals surface area contributed by atoms with E-state index in [1.807, 2.05) is 0 Å². The second-order valence-electron chi connectivity index (χ2n) is 6.67. The molecule has 34 heavy (non-hydrogen) atoms. The molecule has 3 N–H and O–H groups in total. The molecule has 0 aliphatic carbocycles. The standard InChI is InChI=1S/C23H17Cl3N4O4/c24-15-5-2-6-16(11-15)28-20(31)13-34-17-7-1-4-14(10-17)12-27-30-23(33)22(32)29-19-9-3-8-18(25)21(19)26/h1-12H,13H2,(H,28,31)(H,29,32)(H,30,33)/b27-12-. The third-order valence-electron chi connectivity index (χ3n) is 4.12. The Morgan fingerprint density at radius 1 is 0.882 bits per heavy atom. The molecule has 0 fully saturated rings. The molecule has 0 atom stereocenters. The van der Waals surface area contributed by atoms with E-state index in [-0.39, 0.29) is 28.2 Å². The Balaban J connectivity index is 1.49. The number of hydrogen-bond donors (Lipinski definition) is 3. The summed E-state index contributed by atoms with van der Waals surface area (Å²) in [7, 11) is 0. The van der Waals surface area contributed by atoms with Crippen LogP contribution in [0.4, 0.5) is 11.4 Å². The first-order chi connectivity index (χ1) is 16.3. The average Bonchev–Trinajstić information content (AvgIpc) is 2.81. The van der Waals surface area contributed by atoms with Crippen LogP contribution in [0.1, 0.15) is 5.56 Å². The van der Waals surface area contributed by atoms with E-state index in [0.717, 1.165) is 0 Å². The molecule has 3 amide bonds. The number of carbonyl (C=O) groups is 3. The van der Waals surface area contributed by atoms with Crippen molar-refractivity contribution >= 4 is 70.1 Å². The van der Waals surface area contributed by atoms with Gasteiger partial charge in [0, 0.05) is 10.7 Å². The zero-order valence-electron chi connectivity index (χ0n) is 17.3. The van der Waals surface area contributed by atoms with E-state index in [1.165, 1.54) is 12.3 Å². The fourth-order valence-corrected chi connectivity index (χ4v) is 3.13. The van der Waals surface area contributed by atoms with Gasteiger partial charge in [-0.15, -0.1) is 0 Å². The third kappa shape index (κ3) is 7.48. The van der Waals surface area contributed by atoms with Crippen molar-refractivity contribution in [3.8, 4) is 5.75 Å². The van der Waals surface area contributed by atoms with Crippen molar-refractivity contribution in [2.75, 3.05) is 17.2 Å². The summed E-state index contributed by atoms with van der Waals surface area (Å²) in [5.74, 6) is -1.93. The molecular weight excluding hydrogens is 503 g/mol. The number of hydrogen-bond acceptors (Lipinski definition) is 5. The van der Waals surface area contributed by atoms with Crippen LogP contribution in [0.5, 0.6) is 5.75 Å². The first-order valence-corrected chi connectivity index (χ1v) is 10.8. The Labute approximate surface area is 209 Å². The van der Waals surface area contributed by atoms with Gasteiger partial charge in [-0.3, -0.25) is 14.4 Å². The maximum Gasteiger partial charge on any atom is 0.329 e. The van der Waals surface area contributed by atoms with Gasteiger partial charge in [-0.05, 0) is 48.0 Å².